The third-order valence-electron chi connectivity index (χ3n) is 10.1. The summed E-state index contributed by atoms with van der Waals surface area (Å²) in [5, 5.41) is 0. The van der Waals surface area contributed by atoms with Crippen LogP contribution >= 0.6 is 50.5 Å². The molecule has 0 atom stereocenters. The van der Waals surface area contributed by atoms with Gasteiger partial charge in [-0.05, 0) is 66.8 Å². The average Bonchev–Trinajstić information content (AvgIpc) is 3.22. The van der Waals surface area contributed by atoms with Crippen LogP contribution in [0.25, 0.3) is 0 Å². The monoisotopic (exact) mass is 836 g/mol. The Morgan fingerprint density at radius 1 is 0.286 bits per heavy atom. The van der Waals surface area contributed by atoms with Crippen molar-refractivity contribution in [3.8, 4) is 23.0 Å². The molecule has 4 aromatic rings. The summed E-state index contributed by atoms with van der Waals surface area (Å²) in [5.41, 5.74) is 12.8. The number of ether oxygens (including phenoxy) is 8. The van der Waals surface area contributed by atoms with E-state index in [0.29, 0.717) is 128 Å². The molecule has 2 aliphatic heterocycles. The van der Waals surface area contributed by atoms with Crippen LogP contribution < -0.4 is 18.9 Å². The Morgan fingerprint density at radius 3 is 0.643 bits per heavy atom. The van der Waals surface area contributed by atoms with Gasteiger partial charge in [-0.3, -0.25) is 0 Å². The van der Waals surface area contributed by atoms with Crippen molar-refractivity contribution < 1.29 is 37.9 Å². The fraction of sp³-hybridized carbons (Fsp3) is 0.455. The minimum absolute atomic E-state index is 0.392. The van der Waals surface area contributed by atoms with Crippen molar-refractivity contribution in [2.24, 2.45) is 0 Å². The second-order valence-corrected chi connectivity index (χ2v) is 15.4. The minimum Gasteiger partial charge on any atom is -0.491 e. The lowest BCUT2D eigenvalue weighted by Gasteiger charge is -2.24. The van der Waals surface area contributed by atoms with Crippen LogP contribution in [0, 0.1) is 0 Å². The van der Waals surface area contributed by atoms with Gasteiger partial charge in [-0.2, -0.15) is 50.5 Å². The van der Waals surface area contributed by atoms with Crippen LogP contribution in [0.3, 0.4) is 0 Å². The van der Waals surface area contributed by atoms with E-state index in [1.165, 1.54) is 0 Å². The normalized spacial score (nSPS) is 17.1. The van der Waals surface area contributed by atoms with Crippen LogP contribution in [0.5, 0.6) is 23.0 Å². The Bertz CT molecular complexity index is 1680. The largest absolute Gasteiger partial charge is 0.491 e. The number of thiol groups is 4. The molecule has 8 nitrogen and oxygen atoms in total. The molecule has 0 unspecified atom stereocenters. The molecule has 12 heteroatoms. The van der Waals surface area contributed by atoms with Crippen molar-refractivity contribution in [2.75, 3.05) is 79.3 Å². The number of hydrogen-bond acceptors (Lipinski definition) is 12. The molecule has 0 amide bonds. The molecule has 0 saturated carbocycles. The molecule has 2 heterocycles. The SMILES string of the molecule is SCc1cc2c3c(c1)Cc1cc(CS)cc4c1OCCOCCOCCOc1c(cc(CS)cc1Cc1cc(CS)cc(c1OCCOCCOCCO3)C2)C4. The second kappa shape index (κ2) is 20.8. The molecular formula is C44H52O8S4. The summed E-state index contributed by atoms with van der Waals surface area (Å²) in [6, 6.07) is 17.7. The number of rotatable bonds is 4. The molecule has 4 aromatic carbocycles. The zero-order valence-electron chi connectivity index (χ0n) is 31.8. The molecule has 0 N–H and O–H groups in total. The highest BCUT2D eigenvalue weighted by Crippen LogP contribution is 2.41. The van der Waals surface area contributed by atoms with E-state index in [-0.39, 0.29) is 0 Å². The molecule has 7 rings (SSSR count). The van der Waals surface area contributed by atoms with E-state index in [0.717, 1.165) is 89.8 Å². The molecule has 0 fully saturated rings. The summed E-state index contributed by atoms with van der Waals surface area (Å²) in [6.45, 7) is 5.19. The molecule has 56 heavy (non-hydrogen) atoms. The van der Waals surface area contributed by atoms with Crippen molar-refractivity contribution >= 4 is 50.5 Å². The lowest BCUT2D eigenvalue weighted by Crippen LogP contribution is -2.15. The first-order valence-corrected chi connectivity index (χ1v) is 21.9. The number of hydrogen-bond donors (Lipinski definition) is 4. The number of benzene rings is 4. The lowest BCUT2D eigenvalue weighted by molar-refractivity contribution is 0.0270. The first kappa shape index (κ1) is 41.5. The van der Waals surface area contributed by atoms with Crippen molar-refractivity contribution in [2.45, 2.75) is 48.7 Å². The van der Waals surface area contributed by atoms with Gasteiger partial charge < -0.3 is 37.9 Å². The van der Waals surface area contributed by atoms with Crippen LogP contribution in [0.4, 0.5) is 0 Å². The summed E-state index contributed by atoms with van der Waals surface area (Å²) in [7, 11) is 0. The Hall–Kier alpha value is -2.68. The molecule has 0 aromatic heterocycles. The molecule has 3 aliphatic rings. The van der Waals surface area contributed by atoms with Crippen molar-refractivity contribution in [1.82, 2.24) is 0 Å². The van der Waals surface area contributed by atoms with Crippen LogP contribution in [0.1, 0.15) is 66.8 Å². The lowest BCUT2D eigenvalue weighted by atomic mass is 9.88. The van der Waals surface area contributed by atoms with Crippen LogP contribution in [0.15, 0.2) is 48.5 Å². The van der Waals surface area contributed by atoms with E-state index in [9.17, 15) is 0 Å². The van der Waals surface area contributed by atoms with Gasteiger partial charge in [0.25, 0.3) is 0 Å². The summed E-state index contributed by atoms with van der Waals surface area (Å²) in [5.74, 6) is 5.65. The van der Waals surface area contributed by atoms with E-state index in [1.807, 2.05) is 0 Å². The highest BCUT2D eigenvalue weighted by Gasteiger charge is 2.24. The highest BCUT2D eigenvalue weighted by molar-refractivity contribution is 7.79. The van der Waals surface area contributed by atoms with Crippen LogP contribution in [-0.4, -0.2) is 79.3 Å². The molecule has 12 bridgehead atoms. The summed E-state index contributed by atoms with van der Waals surface area (Å²) >= 11 is 19.1. The maximum absolute atomic E-state index is 6.75. The highest BCUT2D eigenvalue weighted by atomic mass is 32.1. The quantitative estimate of drug-likeness (QED) is 0.138. The Balaban J connectivity index is 1.52. The molecule has 0 radical (unpaired) electrons. The van der Waals surface area contributed by atoms with E-state index in [1.54, 1.807) is 0 Å². The van der Waals surface area contributed by atoms with Crippen molar-refractivity contribution in [1.29, 1.82) is 0 Å². The second-order valence-electron chi connectivity index (χ2n) is 14.2. The molecular weight excluding hydrogens is 785 g/mol. The fourth-order valence-electron chi connectivity index (χ4n) is 7.74. The van der Waals surface area contributed by atoms with Crippen molar-refractivity contribution in [3.05, 3.63) is 115 Å². The van der Waals surface area contributed by atoms with Gasteiger partial charge in [-0.15, -0.1) is 0 Å². The summed E-state index contributed by atoms with van der Waals surface area (Å²) in [6.07, 6.45) is 2.27. The third-order valence-corrected chi connectivity index (χ3v) is 11.6. The zero-order chi connectivity index (χ0) is 38.7. The molecule has 1 aliphatic carbocycles. The third kappa shape index (κ3) is 10.5. The van der Waals surface area contributed by atoms with E-state index in [4.69, 9.17) is 88.4 Å². The smallest absolute Gasteiger partial charge is 0.126 e. The van der Waals surface area contributed by atoms with Gasteiger partial charge in [0.05, 0.1) is 52.9 Å². The van der Waals surface area contributed by atoms with Gasteiger partial charge >= 0.3 is 0 Å². The Morgan fingerprint density at radius 2 is 0.464 bits per heavy atom. The first-order valence-electron chi connectivity index (χ1n) is 19.4. The first-order chi connectivity index (χ1) is 27.6. The van der Waals surface area contributed by atoms with Crippen molar-refractivity contribution in [3.63, 3.8) is 0 Å². The van der Waals surface area contributed by atoms with Crippen LogP contribution in [0.2, 0.25) is 0 Å². The molecule has 0 saturated heterocycles. The van der Waals surface area contributed by atoms with Crippen LogP contribution in [-0.2, 0) is 67.6 Å². The van der Waals surface area contributed by atoms with Gasteiger partial charge in [0, 0.05) is 48.7 Å². The van der Waals surface area contributed by atoms with Gasteiger partial charge in [0.2, 0.25) is 0 Å². The molecule has 300 valence electrons. The van der Waals surface area contributed by atoms with E-state index in [2.05, 4.69) is 48.5 Å². The van der Waals surface area contributed by atoms with E-state index < -0.39 is 0 Å². The van der Waals surface area contributed by atoms with Gasteiger partial charge in [0.15, 0.2) is 0 Å². The topological polar surface area (TPSA) is 73.8 Å². The average molecular weight is 837 g/mol. The summed E-state index contributed by atoms with van der Waals surface area (Å²) in [4.78, 5) is 0. The maximum atomic E-state index is 6.75. The predicted octanol–water partition coefficient (Wildman–Crippen LogP) is 7.69. The Labute approximate surface area is 352 Å². The fourth-order valence-corrected chi connectivity index (χ4v) is 8.47. The van der Waals surface area contributed by atoms with Gasteiger partial charge in [-0.25, -0.2) is 0 Å². The standard InChI is InChI=1S/C44H52O8S4/c53-25-29-13-33-21-34-14-30(26-54)18-38-24-40-20-32(28-56)16-36-22-35-15-31(27-55)19-39(43(35)51-11-7-47-3-4-48-8-12-52-44(36)40)23-37(17-29)41(33)49-9-5-45-1-2-46-6-10-50-42(34)38/h13-20,53-56H,1-12,21-28H2. The minimum atomic E-state index is 0.392. The van der Waals surface area contributed by atoms with E-state index >= 15 is 0 Å². The van der Waals surface area contributed by atoms with Gasteiger partial charge in [-0.1, -0.05) is 48.5 Å². The predicted molar refractivity (Wildman–Crippen MR) is 233 cm³/mol. The summed E-state index contributed by atoms with van der Waals surface area (Å²) < 4.78 is 50.7. The van der Waals surface area contributed by atoms with Gasteiger partial charge in [0.1, 0.15) is 49.4 Å². The maximum Gasteiger partial charge on any atom is 0.126 e. The molecule has 0 spiro atoms. The Kier molecular flexibility index (Phi) is 15.4. The zero-order valence-corrected chi connectivity index (χ0v) is 35.4.